The molecule has 1 fully saturated rings. The van der Waals surface area contributed by atoms with Crippen molar-refractivity contribution in [3.63, 3.8) is 0 Å². The molecule has 0 aliphatic carbocycles. The van der Waals surface area contributed by atoms with Gasteiger partial charge in [-0.15, -0.1) is 0 Å². The predicted molar refractivity (Wildman–Crippen MR) is 90.6 cm³/mol. The SMILES string of the molecule is CCCNCc1ccc(Br)cc1N1CCC(NC(C)=O)C1. The zero-order valence-corrected chi connectivity index (χ0v) is 14.4. The lowest BCUT2D eigenvalue weighted by molar-refractivity contribution is -0.119. The zero-order chi connectivity index (χ0) is 15.2. The summed E-state index contributed by atoms with van der Waals surface area (Å²) in [5.41, 5.74) is 2.58. The Bertz CT molecular complexity index is 492. The van der Waals surface area contributed by atoms with Crippen LogP contribution >= 0.6 is 15.9 Å². The Kier molecular flexibility index (Phi) is 6.06. The quantitative estimate of drug-likeness (QED) is 0.772. The largest absolute Gasteiger partial charge is 0.369 e. The minimum Gasteiger partial charge on any atom is -0.369 e. The maximum atomic E-state index is 11.2. The van der Waals surface area contributed by atoms with Gasteiger partial charge >= 0.3 is 0 Å². The second kappa shape index (κ2) is 7.80. The maximum absolute atomic E-state index is 11.2. The molecule has 1 aliphatic heterocycles. The van der Waals surface area contributed by atoms with Gasteiger partial charge in [0.25, 0.3) is 0 Å². The Labute approximate surface area is 135 Å². The minimum absolute atomic E-state index is 0.0564. The van der Waals surface area contributed by atoms with Crippen LogP contribution in [-0.4, -0.2) is 31.6 Å². The van der Waals surface area contributed by atoms with Gasteiger partial charge in [0.05, 0.1) is 0 Å². The molecule has 1 unspecified atom stereocenters. The summed E-state index contributed by atoms with van der Waals surface area (Å²) in [6.45, 7) is 7.55. The smallest absolute Gasteiger partial charge is 0.217 e. The van der Waals surface area contributed by atoms with Crippen LogP contribution in [0, 0.1) is 0 Å². The first-order valence-electron chi connectivity index (χ1n) is 7.61. The summed E-state index contributed by atoms with van der Waals surface area (Å²) in [6.07, 6.45) is 2.15. The minimum atomic E-state index is 0.0564. The van der Waals surface area contributed by atoms with Crippen LogP contribution in [0.25, 0.3) is 0 Å². The van der Waals surface area contributed by atoms with Gasteiger partial charge < -0.3 is 15.5 Å². The first kappa shape index (κ1) is 16.3. The molecule has 1 aliphatic rings. The molecule has 0 radical (unpaired) electrons. The number of amides is 1. The molecular weight excluding hydrogens is 330 g/mol. The van der Waals surface area contributed by atoms with Gasteiger partial charge in [0.15, 0.2) is 0 Å². The number of rotatable bonds is 6. The van der Waals surface area contributed by atoms with E-state index in [0.29, 0.717) is 0 Å². The number of nitrogens with zero attached hydrogens (tertiary/aromatic N) is 1. The molecule has 0 saturated carbocycles. The zero-order valence-electron chi connectivity index (χ0n) is 12.8. The van der Waals surface area contributed by atoms with Gasteiger partial charge in [-0.25, -0.2) is 0 Å². The monoisotopic (exact) mass is 353 g/mol. The van der Waals surface area contributed by atoms with Crippen LogP contribution in [0.5, 0.6) is 0 Å². The highest BCUT2D eigenvalue weighted by Crippen LogP contribution is 2.28. The molecule has 1 atom stereocenters. The van der Waals surface area contributed by atoms with Crippen LogP contribution in [0.3, 0.4) is 0 Å². The second-order valence-corrected chi connectivity index (χ2v) is 6.50. The van der Waals surface area contributed by atoms with E-state index in [1.165, 1.54) is 11.3 Å². The molecule has 2 rings (SSSR count). The third-order valence-corrected chi connectivity index (χ3v) is 4.22. The Balaban J connectivity index is 2.07. The molecule has 0 aromatic heterocycles. The van der Waals surface area contributed by atoms with Crippen LogP contribution in [0.4, 0.5) is 5.69 Å². The van der Waals surface area contributed by atoms with E-state index in [2.05, 4.69) is 56.6 Å². The fourth-order valence-corrected chi connectivity index (χ4v) is 3.11. The standard InChI is InChI=1S/C16H24BrN3O/c1-3-7-18-10-13-4-5-14(17)9-16(13)20-8-6-15(11-20)19-12(2)21/h4-5,9,15,18H,3,6-8,10-11H2,1-2H3,(H,19,21). The Morgan fingerprint density at radius 2 is 2.29 bits per heavy atom. The van der Waals surface area contributed by atoms with E-state index in [0.717, 1.165) is 43.5 Å². The van der Waals surface area contributed by atoms with Crippen molar-refractivity contribution < 1.29 is 4.79 Å². The van der Waals surface area contributed by atoms with Gasteiger partial charge in [-0.2, -0.15) is 0 Å². The third-order valence-electron chi connectivity index (χ3n) is 3.73. The van der Waals surface area contributed by atoms with Crippen molar-refractivity contribution in [1.82, 2.24) is 10.6 Å². The Hall–Kier alpha value is -1.07. The molecule has 5 heteroatoms. The Morgan fingerprint density at radius 1 is 1.48 bits per heavy atom. The lowest BCUT2D eigenvalue weighted by atomic mass is 10.1. The highest BCUT2D eigenvalue weighted by Gasteiger charge is 2.24. The molecule has 1 aromatic carbocycles. The molecule has 116 valence electrons. The van der Waals surface area contributed by atoms with Crippen molar-refractivity contribution in [3.05, 3.63) is 28.2 Å². The number of benzene rings is 1. The molecular formula is C16H24BrN3O. The predicted octanol–water partition coefficient (Wildman–Crippen LogP) is 2.66. The number of halogens is 1. The number of hydrogen-bond acceptors (Lipinski definition) is 3. The third kappa shape index (κ3) is 4.71. The lowest BCUT2D eigenvalue weighted by Gasteiger charge is -2.23. The summed E-state index contributed by atoms with van der Waals surface area (Å²) in [5.74, 6) is 0.0564. The van der Waals surface area contributed by atoms with Gasteiger partial charge in [0, 0.05) is 42.8 Å². The summed E-state index contributed by atoms with van der Waals surface area (Å²) in [4.78, 5) is 13.6. The van der Waals surface area contributed by atoms with Crippen LogP contribution in [0.1, 0.15) is 32.3 Å². The fourth-order valence-electron chi connectivity index (χ4n) is 2.77. The highest BCUT2D eigenvalue weighted by molar-refractivity contribution is 9.10. The number of carbonyl (C=O) groups excluding carboxylic acids is 1. The van der Waals surface area contributed by atoms with E-state index >= 15 is 0 Å². The summed E-state index contributed by atoms with van der Waals surface area (Å²) >= 11 is 3.56. The first-order chi connectivity index (χ1) is 10.1. The van der Waals surface area contributed by atoms with Gasteiger partial charge in [-0.3, -0.25) is 4.79 Å². The average molecular weight is 354 g/mol. The van der Waals surface area contributed by atoms with E-state index < -0.39 is 0 Å². The molecule has 4 nitrogen and oxygen atoms in total. The van der Waals surface area contributed by atoms with Crippen LogP contribution in [0.15, 0.2) is 22.7 Å². The van der Waals surface area contributed by atoms with Crippen molar-refractivity contribution in [2.75, 3.05) is 24.5 Å². The van der Waals surface area contributed by atoms with Crippen molar-refractivity contribution in [2.45, 2.75) is 39.3 Å². The van der Waals surface area contributed by atoms with Crippen molar-refractivity contribution in [2.24, 2.45) is 0 Å². The second-order valence-electron chi connectivity index (χ2n) is 5.58. The molecule has 0 bridgehead atoms. The van der Waals surface area contributed by atoms with Crippen molar-refractivity contribution in [3.8, 4) is 0 Å². The van der Waals surface area contributed by atoms with Crippen LogP contribution in [0.2, 0.25) is 0 Å². The van der Waals surface area contributed by atoms with Gasteiger partial charge in [-0.05, 0) is 37.1 Å². The number of nitrogens with one attached hydrogen (secondary N) is 2. The normalized spacial score (nSPS) is 18.0. The van der Waals surface area contributed by atoms with E-state index in [9.17, 15) is 4.79 Å². The lowest BCUT2D eigenvalue weighted by Crippen LogP contribution is -2.35. The summed E-state index contributed by atoms with van der Waals surface area (Å²) in [7, 11) is 0. The number of anilines is 1. The van der Waals surface area contributed by atoms with E-state index in [4.69, 9.17) is 0 Å². The molecule has 1 aromatic rings. The topological polar surface area (TPSA) is 44.4 Å². The summed E-state index contributed by atoms with van der Waals surface area (Å²) < 4.78 is 1.10. The first-order valence-corrected chi connectivity index (χ1v) is 8.40. The molecule has 0 spiro atoms. The highest BCUT2D eigenvalue weighted by atomic mass is 79.9. The Morgan fingerprint density at radius 3 is 3.00 bits per heavy atom. The molecule has 21 heavy (non-hydrogen) atoms. The summed E-state index contributed by atoms with van der Waals surface area (Å²) in [6, 6.07) is 6.71. The number of hydrogen-bond donors (Lipinski definition) is 2. The molecule has 1 amide bonds. The van der Waals surface area contributed by atoms with Gasteiger partial charge in [0.1, 0.15) is 0 Å². The van der Waals surface area contributed by atoms with Crippen molar-refractivity contribution in [1.29, 1.82) is 0 Å². The van der Waals surface area contributed by atoms with Gasteiger partial charge in [-0.1, -0.05) is 28.9 Å². The van der Waals surface area contributed by atoms with Crippen LogP contribution < -0.4 is 15.5 Å². The number of carbonyl (C=O) groups is 1. The average Bonchev–Trinajstić information content (AvgIpc) is 2.88. The van der Waals surface area contributed by atoms with E-state index in [1.807, 2.05) is 0 Å². The maximum Gasteiger partial charge on any atom is 0.217 e. The molecule has 1 heterocycles. The molecule has 1 saturated heterocycles. The fraction of sp³-hybridized carbons (Fsp3) is 0.562. The van der Waals surface area contributed by atoms with E-state index in [-0.39, 0.29) is 11.9 Å². The summed E-state index contributed by atoms with van der Waals surface area (Å²) in [5, 5.41) is 6.49. The van der Waals surface area contributed by atoms with Gasteiger partial charge in [0.2, 0.25) is 5.91 Å². The molecule has 2 N–H and O–H groups in total. The van der Waals surface area contributed by atoms with E-state index in [1.54, 1.807) is 6.92 Å². The van der Waals surface area contributed by atoms with Crippen LogP contribution in [-0.2, 0) is 11.3 Å². The van der Waals surface area contributed by atoms with Crippen molar-refractivity contribution >= 4 is 27.5 Å².